The SMILES string of the molecule is CCCCCCCCc1cnc(-c2ccc(OC(=O)[C@@H](C)CCCCCC)cc2)nc1. The third kappa shape index (κ3) is 9.63. The van der Waals surface area contributed by atoms with E-state index in [1.165, 1.54) is 63.4 Å². The van der Waals surface area contributed by atoms with E-state index in [0.717, 1.165) is 24.8 Å². The van der Waals surface area contributed by atoms with Crippen molar-refractivity contribution in [2.75, 3.05) is 0 Å². The van der Waals surface area contributed by atoms with Gasteiger partial charge in [0.05, 0.1) is 5.92 Å². The van der Waals surface area contributed by atoms with Crippen LogP contribution in [0, 0.1) is 5.92 Å². The first-order valence-corrected chi connectivity index (χ1v) is 12.3. The summed E-state index contributed by atoms with van der Waals surface area (Å²) in [5, 5.41) is 0. The van der Waals surface area contributed by atoms with Gasteiger partial charge in [-0.3, -0.25) is 4.79 Å². The maximum absolute atomic E-state index is 12.3. The van der Waals surface area contributed by atoms with Crippen molar-refractivity contribution in [1.82, 2.24) is 9.97 Å². The molecule has 4 nitrogen and oxygen atoms in total. The smallest absolute Gasteiger partial charge is 0.314 e. The maximum atomic E-state index is 12.3. The minimum atomic E-state index is -0.153. The van der Waals surface area contributed by atoms with Crippen LogP contribution < -0.4 is 4.74 Å². The lowest BCUT2D eigenvalue weighted by atomic mass is 10.0. The number of hydrogen-bond acceptors (Lipinski definition) is 4. The second-order valence-corrected chi connectivity index (χ2v) is 8.63. The highest BCUT2D eigenvalue weighted by molar-refractivity contribution is 5.75. The zero-order chi connectivity index (χ0) is 22.3. The molecule has 2 aromatic rings. The van der Waals surface area contributed by atoms with Gasteiger partial charge in [0.2, 0.25) is 0 Å². The van der Waals surface area contributed by atoms with Crippen LogP contribution >= 0.6 is 0 Å². The van der Waals surface area contributed by atoms with Crippen molar-refractivity contribution in [3.63, 3.8) is 0 Å². The van der Waals surface area contributed by atoms with Gasteiger partial charge in [-0.15, -0.1) is 0 Å². The van der Waals surface area contributed by atoms with Gasteiger partial charge < -0.3 is 4.74 Å². The predicted molar refractivity (Wildman–Crippen MR) is 128 cm³/mol. The van der Waals surface area contributed by atoms with E-state index in [4.69, 9.17) is 4.74 Å². The van der Waals surface area contributed by atoms with Crippen LogP contribution in [-0.4, -0.2) is 15.9 Å². The summed E-state index contributed by atoms with van der Waals surface area (Å²) >= 11 is 0. The molecule has 4 heteroatoms. The first kappa shape index (κ1) is 25.0. The van der Waals surface area contributed by atoms with Gasteiger partial charge >= 0.3 is 5.97 Å². The Morgan fingerprint density at radius 1 is 0.839 bits per heavy atom. The zero-order valence-corrected chi connectivity index (χ0v) is 19.7. The van der Waals surface area contributed by atoms with Gasteiger partial charge in [-0.05, 0) is 49.1 Å². The van der Waals surface area contributed by atoms with E-state index in [1.807, 2.05) is 43.6 Å². The van der Waals surface area contributed by atoms with Gasteiger partial charge in [0.1, 0.15) is 5.75 Å². The summed E-state index contributed by atoms with van der Waals surface area (Å²) in [5.74, 6) is 1.06. The summed E-state index contributed by atoms with van der Waals surface area (Å²) in [6, 6.07) is 7.48. The van der Waals surface area contributed by atoms with Crippen LogP contribution in [0.25, 0.3) is 11.4 Å². The first-order chi connectivity index (χ1) is 15.1. The maximum Gasteiger partial charge on any atom is 0.314 e. The van der Waals surface area contributed by atoms with E-state index in [0.29, 0.717) is 11.6 Å². The highest BCUT2D eigenvalue weighted by atomic mass is 16.5. The summed E-state index contributed by atoms with van der Waals surface area (Å²) in [4.78, 5) is 21.3. The second-order valence-electron chi connectivity index (χ2n) is 8.63. The molecule has 0 unspecified atom stereocenters. The van der Waals surface area contributed by atoms with Crippen LogP contribution in [-0.2, 0) is 11.2 Å². The summed E-state index contributed by atoms with van der Waals surface area (Å²) in [6.45, 7) is 6.39. The molecule has 0 aliphatic rings. The predicted octanol–water partition coefficient (Wildman–Crippen LogP) is 7.56. The van der Waals surface area contributed by atoms with Crippen LogP contribution in [0.2, 0.25) is 0 Å². The van der Waals surface area contributed by atoms with E-state index in [9.17, 15) is 4.79 Å². The summed E-state index contributed by atoms with van der Waals surface area (Å²) in [5.41, 5.74) is 2.12. The van der Waals surface area contributed by atoms with Crippen LogP contribution in [0.5, 0.6) is 5.75 Å². The Balaban J connectivity index is 1.78. The third-order valence-electron chi connectivity index (χ3n) is 5.75. The van der Waals surface area contributed by atoms with E-state index < -0.39 is 0 Å². The number of rotatable bonds is 15. The number of benzene rings is 1. The summed E-state index contributed by atoms with van der Waals surface area (Å²) in [7, 11) is 0. The number of carbonyl (C=O) groups excluding carboxylic acids is 1. The van der Waals surface area contributed by atoms with Crippen molar-refractivity contribution in [3.8, 4) is 17.1 Å². The quantitative estimate of drug-likeness (QED) is 0.168. The molecule has 31 heavy (non-hydrogen) atoms. The number of ether oxygens (including phenoxy) is 1. The molecule has 0 saturated carbocycles. The number of hydrogen-bond donors (Lipinski definition) is 0. The molecule has 0 amide bonds. The van der Waals surface area contributed by atoms with E-state index in [-0.39, 0.29) is 11.9 Å². The molecule has 0 fully saturated rings. The van der Waals surface area contributed by atoms with Crippen LogP contribution in [0.1, 0.15) is 97.0 Å². The lowest BCUT2D eigenvalue weighted by Crippen LogP contribution is -2.17. The molecule has 2 rings (SSSR count). The Labute approximate surface area is 188 Å². The van der Waals surface area contributed by atoms with E-state index in [1.54, 1.807) is 0 Å². The fourth-order valence-corrected chi connectivity index (χ4v) is 3.63. The number of unbranched alkanes of at least 4 members (excludes halogenated alkanes) is 8. The van der Waals surface area contributed by atoms with Crippen LogP contribution in [0.3, 0.4) is 0 Å². The Morgan fingerprint density at radius 3 is 2.06 bits per heavy atom. The Hall–Kier alpha value is -2.23. The molecular weight excluding hydrogens is 384 g/mol. The first-order valence-electron chi connectivity index (χ1n) is 12.3. The van der Waals surface area contributed by atoms with Crippen molar-refractivity contribution in [3.05, 3.63) is 42.2 Å². The Bertz CT molecular complexity index is 741. The molecule has 1 heterocycles. The van der Waals surface area contributed by atoms with Crippen molar-refractivity contribution in [2.45, 2.75) is 97.8 Å². The number of aromatic nitrogens is 2. The average molecular weight is 425 g/mol. The van der Waals surface area contributed by atoms with Gasteiger partial charge in [-0.1, -0.05) is 78.6 Å². The standard InChI is InChI=1S/C27H40N2O2/c1-4-6-8-10-11-13-15-23-20-28-26(29-21-23)24-16-18-25(19-17-24)31-27(30)22(3)14-12-9-7-5-2/h16-22H,4-15H2,1-3H3/t22-/m0/s1. The highest BCUT2D eigenvalue weighted by Crippen LogP contribution is 2.21. The molecular formula is C27H40N2O2. The minimum Gasteiger partial charge on any atom is -0.426 e. The van der Waals surface area contributed by atoms with Gasteiger partial charge in [-0.2, -0.15) is 0 Å². The number of nitrogens with zero attached hydrogens (tertiary/aromatic N) is 2. The largest absolute Gasteiger partial charge is 0.426 e. The highest BCUT2D eigenvalue weighted by Gasteiger charge is 2.15. The third-order valence-corrected chi connectivity index (χ3v) is 5.75. The minimum absolute atomic E-state index is 0.0703. The van der Waals surface area contributed by atoms with Gasteiger partial charge in [0.25, 0.3) is 0 Å². The van der Waals surface area contributed by atoms with Crippen molar-refractivity contribution in [2.24, 2.45) is 5.92 Å². The molecule has 1 aromatic heterocycles. The number of carbonyl (C=O) groups is 1. The molecule has 0 saturated heterocycles. The molecule has 0 N–H and O–H groups in total. The van der Waals surface area contributed by atoms with Crippen molar-refractivity contribution in [1.29, 1.82) is 0 Å². The van der Waals surface area contributed by atoms with Crippen molar-refractivity contribution >= 4 is 5.97 Å². The fourth-order valence-electron chi connectivity index (χ4n) is 3.63. The van der Waals surface area contributed by atoms with Crippen LogP contribution in [0.15, 0.2) is 36.7 Å². The van der Waals surface area contributed by atoms with Crippen molar-refractivity contribution < 1.29 is 9.53 Å². The second kappa shape index (κ2) is 14.7. The molecule has 0 bridgehead atoms. The van der Waals surface area contributed by atoms with E-state index in [2.05, 4.69) is 23.8 Å². The lowest BCUT2D eigenvalue weighted by molar-refractivity contribution is -0.138. The van der Waals surface area contributed by atoms with Gasteiger partial charge in [0, 0.05) is 18.0 Å². The molecule has 0 spiro atoms. The number of esters is 1. The molecule has 1 aromatic carbocycles. The summed E-state index contributed by atoms with van der Waals surface area (Å²) < 4.78 is 5.54. The average Bonchev–Trinajstić information content (AvgIpc) is 2.80. The molecule has 1 atom stereocenters. The number of aryl methyl sites for hydroxylation is 1. The summed E-state index contributed by atoms with van der Waals surface area (Å²) in [6.07, 6.45) is 18.3. The molecule has 0 aliphatic carbocycles. The molecule has 0 radical (unpaired) electrons. The molecule has 0 aliphatic heterocycles. The fraction of sp³-hybridized carbons (Fsp3) is 0.593. The topological polar surface area (TPSA) is 52.1 Å². The van der Waals surface area contributed by atoms with E-state index >= 15 is 0 Å². The zero-order valence-electron chi connectivity index (χ0n) is 19.7. The monoisotopic (exact) mass is 424 g/mol. The van der Waals surface area contributed by atoms with Gasteiger partial charge in [0.15, 0.2) is 5.82 Å². The Kier molecular flexibility index (Phi) is 11.9. The van der Waals surface area contributed by atoms with Gasteiger partial charge in [-0.25, -0.2) is 9.97 Å². The lowest BCUT2D eigenvalue weighted by Gasteiger charge is -2.11. The Morgan fingerprint density at radius 2 is 1.42 bits per heavy atom. The van der Waals surface area contributed by atoms with Crippen LogP contribution in [0.4, 0.5) is 0 Å². The molecule has 170 valence electrons. The normalized spacial score (nSPS) is 12.0.